The zero-order valence-corrected chi connectivity index (χ0v) is 17.1. The summed E-state index contributed by atoms with van der Waals surface area (Å²) in [5.41, 5.74) is 2.82. The monoisotopic (exact) mass is 428 g/mol. The Morgan fingerprint density at radius 3 is 2.93 bits per heavy atom. The van der Waals surface area contributed by atoms with Gasteiger partial charge in [-0.1, -0.05) is 6.07 Å². The van der Waals surface area contributed by atoms with E-state index in [1.54, 1.807) is 11.3 Å². The Kier molecular flexibility index (Phi) is 4.78. The number of esters is 1. The first-order valence-electron chi connectivity index (χ1n) is 9.68. The molecule has 0 unspecified atom stereocenters. The van der Waals surface area contributed by atoms with E-state index < -0.39 is 5.97 Å². The molecule has 1 N–H and O–H groups in total. The van der Waals surface area contributed by atoms with Gasteiger partial charge in [0.2, 0.25) is 5.91 Å². The van der Waals surface area contributed by atoms with E-state index in [1.807, 2.05) is 28.6 Å². The van der Waals surface area contributed by atoms with Gasteiger partial charge in [-0.15, -0.1) is 11.3 Å². The fourth-order valence-electron chi connectivity index (χ4n) is 3.66. The molecule has 5 rings (SSSR count). The molecule has 0 radical (unpaired) electrons. The third-order valence-corrected chi connectivity index (χ3v) is 6.26. The number of nitrogens with zero attached hydrogens (tertiary/aromatic N) is 3. The van der Waals surface area contributed by atoms with Crippen molar-refractivity contribution in [2.45, 2.75) is 25.0 Å². The van der Waals surface area contributed by atoms with Gasteiger partial charge in [0.05, 0.1) is 23.4 Å². The van der Waals surface area contributed by atoms with Gasteiger partial charge in [0.1, 0.15) is 23.6 Å². The topological polar surface area (TPSA) is 107 Å². The van der Waals surface area contributed by atoms with E-state index in [2.05, 4.69) is 20.0 Å². The average Bonchev–Trinajstić information content (AvgIpc) is 3.35. The summed E-state index contributed by atoms with van der Waals surface area (Å²) in [7, 11) is 1.29. The lowest BCUT2D eigenvalue weighted by atomic mass is 9.81. The molecule has 30 heavy (non-hydrogen) atoms. The van der Waals surface area contributed by atoms with Crippen molar-refractivity contribution >= 4 is 39.4 Å². The molecule has 10 heteroatoms. The molecule has 1 amide bonds. The molecule has 2 fully saturated rings. The predicted molar refractivity (Wildman–Crippen MR) is 109 cm³/mol. The van der Waals surface area contributed by atoms with Crippen LogP contribution >= 0.6 is 11.3 Å². The first-order valence-corrected chi connectivity index (χ1v) is 10.6. The molecular weight excluding hydrogens is 408 g/mol. The summed E-state index contributed by atoms with van der Waals surface area (Å²) in [6.45, 7) is 1.18. The van der Waals surface area contributed by atoms with E-state index in [1.165, 1.54) is 13.4 Å². The van der Waals surface area contributed by atoms with Crippen molar-refractivity contribution in [3.05, 3.63) is 35.7 Å². The fraction of sp³-hybridized carbons (Fsp3) is 0.400. The molecule has 156 valence electrons. The zero-order chi connectivity index (χ0) is 20.7. The van der Waals surface area contributed by atoms with Gasteiger partial charge in [0.25, 0.3) is 6.01 Å². The Morgan fingerprint density at radius 2 is 2.13 bits per heavy atom. The van der Waals surface area contributed by atoms with E-state index in [9.17, 15) is 9.59 Å². The third-order valence-electron chi connectivity index (χ3n) is 5.47. The molecule has 2 aromatic heterocycles. The minimum atomic E-state index is -0.539. The highest BCUT2D eigenvalue weighted by Gasteiger charge is 2.39. The number of carbonyl (C=O) groups is 2. The van der Waals surface area contributed by atoms with Crippen LogP contribution in [-0.4, -0.2) is 54.2 Å². The van der Waals surface area contributed by atoms with Gasteiger partial charge in [-0.2, -0.15) is 4.98 Å². The van der Waals surface area contributed by atoms with Crippen LogP contribution in [0.5, 0.6) is 5.75 Å². The van der Waals surface area contributed by atoms with Crippen molar-refractivity contribution in [1.82, 2.24) is 15.3 Å². The molecule has 2 aliphatic rings. The molecule has 0 spiro atoms. The number of rotatable bonds is 6. The van der Waals surface area contributed by atoms with E-state index in [4.69, 9.17) is 9.15 Å². The number of hydrogen-bond donors (Lipinski definition) is 1. The quantitative estimate of drug-likeness (QED) is 0.596. The first kappa shape index (κ1) is 18.9. The number of benzene rings is 1. The van der Waals surface area contributed by atoms with Crippen LogP contribution in [0.4, 0.5) is 6.01 Å². The lowest BCUT2D eigenvalue weighted by molar-refractivity contribution is -0.131. The minimum absolute atomic E-state index is 0.0358. The third kappa shape index (κ3) is 3.47. The predicted octanol–water partition coefficient (Wildman–Crippen LogP) is 2.23. The van der Waals surface area contributed by atoms with Gasteiger partial charge in [-0.05, 0) is 25.0 Å². The molecule has 1 aromatic carbocycles. The first-order chi connectivity index (χ1) is 14.6. The number of carbonyl (C=O) groups excluding carboxylic acids is 2. The molecule has 1 saturated heterocycles. The van der Waals surface area contributed by atoms with Gasteiger partial charge in [0.15, 0.2) is 5.69 Å². The Labute approximate surface area is 176 Å². The molecule has 3 heterocycles. The molecule has 1 aliphatic carbocycles. The Balaban J connectivity index is 1.07. The van der Waals surface area contributed by atoms with Crippen molar-refractivity contribution in [2.75, 3.05) is 25.1 Å². The molecule has 9 nitrogen and oxygen atoms in total. The van der Waals surface area contributed by atoms with E-state index in [0.717, 1.165) is 16.0 Å². The maximum atomic E-state index is 12.5. The van der Waals surface area contributed by atoms with Crippen LogP contribution in [0, 0.1) is 5.92 Å². The van der Waals surface area contributed by atoms with Crippen LogP contribution in [0.2, 0.25) is 0 Å². The summed E-state index contributed by atoms with van der Waals surface area (Å²) < 4.78 is 17.1. The van der Waals surface area contributed by atoms with Crippen LogP contribution in [0.15, 0.2) is 34.4 Å². The molecule has 3 aromatic rings. The highest BCUT2D eigenvalue weighted by Crippen LogP contribution is 2.35. The lowest BCUT2D eigenvalue weighted by Gasteiger charge is -2.41. The summed E-state index contributed by atoms with van der Waals surface area (Å²) in [5, 5.41) is 3.06. The van der Waals surface area contributed by atoms with E-state index >= 15 is 0 Å². The molecule has 1 saturated carbocycles. The lowest BCUT2D eigenvalue weighted by Crippen LogP contribution is -2.61. The van der Waals surface area contributed by atoms with Crippen molar-refractivity contribution in [3.63, 3.8) is 0 Å². The molecule has 0 atom stereocenters. The average molecular weight is 428 g/mol. The van der Waals surface area contributed by atoms with Gasteiger partial charge < -0.3 is 24.1 Å². The van der Waals surface area contributed by atoms with Crippen LogP contribution < -0.4 is 15.0 Å². The van der Waals surface area contributed by atoms with Crippen molar-refractivity contribution < 1.29 is 23.5 Å². The number of methoxy groups -OCH3 is 1. The second-order valence-corrected chi connectivity index (χ2v) is 8.37. The second-order valence-electron chi connectivity index (χ2n) is 7.48. The summed E-state index contributed by atoms with van der Waals surface area (Å²) in [6.07, 6.45) is 2.71. The zero-order valence-electron chi connectivity index (χ0n) is 16.2. The minimum Gasteiger partial charge on any atom is -0.488 e. The second kappa shape index (κ2) is 7.60. The van der Waals surface area contributed by atoms with Gasteiger partial charge in [-0.3, -0.25) is 4.79 Å². The number of thiazole rings is 1. The van der Waals surface area contributed by atoms with E-state index in [-0.39, 0.29) is 29.7 Å². The summed E-state index contributed by atoms with van der Waals surface area (Å²) >= 11 is 1.58. The van der Waals surface area contributed by atoms with Crippen LogP contribution in [0.1, 0.15) is 23.3 Å². The number of ether oxygens (including phenoxy) is 2. The van der Waals surface area contributed by atoms with E-state index in [0.29, 0.717) is 31.9 Å². The largest absolute Gasteiger partial charge is 0.488 e. The molecule has 0 bridgehead atoms. The van der Waals surface area contributed by atoms with Crippen LogP contribution in [-0.2, 0) is 9.53 Å². The highest BCUT2D eigenvalue weighted by molar-refractivity contribution is 7.16. The number of aromatic nitrogens is 2. The molecule has 1 aliphatic heterocycles. The van der Waals surface area contributed by atoms with Crippen LogP contribution in [0.3, 0.4) is 0 Å². The highest BCUT2D eigenvalue weighted by atomic mass is 32.1. The Morgan fingerprint density at radius 1 is 1.30 bits per heavy atom. The standard InChI is InChI=1S/C20H20N4O5S/c1-27-19(26)14-9-28-20(23-14)24-7-12(8-24)22-18(25)11-5-13(6-11)29-15-3-2-4-16-17(15)21-10-30-16/h2-4,9-13H,5-8H2,1H3,(H,22,25). The SMILES string of the molecule is COC(=O)c1coc(N2CC(NC(=O)C3CC(Oc4cccc5scnc45)C3)C2)n1. The summed E-state index contributed by atoms with van der Waals surface area (Å²) in [6, 6.07) is 6.30. The maximum absolute atomic E-state index is 12.5. The number of fused-ring (bicyclic) bond motifs is 1. The van der Waals surface area contributed by atoms with Crippen molar-refractivity contribution in [2.24, 2.45) is 5.92 Å². The summed E-state index contributed by atoms with van der Waals surface area (Å²) in [5.74, 6) is 0.257. The smallest absolute Gasteiger partial charge is 0.360 e. The fourth-order valence-corrected chi connectivity index (χ4v) is 4.36. The van der Waals surface area contributed by atoms with Gasteiger partial charge >= 0.3 is 5.97 Å². The van der Waals surface area contributed by atoms with Crippen molar-refractivity contribution in [3.8, 4) is 5.75 Å². The number of anilines is 1. The Hall–Kier alpha value is -3.14. The van der Waals surface area contributed by atoms with Gasteiger partial charge in [-0.25, -0.2) is 9.78 Å². The maximum Gasteiger partial charge on any atom is 0.360 e. The number of oxazole rings is 1. The number of hydrogen-bond acceptors (Lipinski definition) is 9. The van der Waals surface area contributed by atoms with Crippen LogP contribution in [0.25, 0.3) is 10.2 Å². The normalized spacial score (nSPS) is 21.0. The number of para-hydroxylation sites is 1. The van der Waals surface area contributed by atoms with Gasteiger partial charge in [0, 0.05) is 19.0 Å². The summed E-state index contributed by atoms with van der Waals surface area (Å²) in [4.78, 5) is 34.2. The number of nitrogens with one attached hydrogen (secondary N) is 1. The Bertz CT molecular complexity index is 1080. The molecular formula is C20H20N4O5S. The number of amides is 1. The van der Waals surface area contributed by atoms with Crippen molar-refractivity contribution in [1.29, 1.82) is 0 Å².